The summed E-state index contributed by atoms with van der Waals surface area (Å²) >= 11 is 5.28. The molecule has 0 amide bonds. The molecule has 15 aromatic rings. The van der Waals surface area contributed by atoms with Crippen molar-refractivity contribution in [1.82, 2.24) is 17.5 Å². The van der Waals surface area contributed by atoms with Crippen molar-refractivity contribution in [3.05, 3.63) is 281 Å². The average Bonchev–Trinajstić information content (AvgIpc) is 1.58. The highest BCUT2D eigenvalue weighted by Crippen LogP contribution is 2.65. The van der Waals surface area contributed by atoms with Crippen LogP contribution in [0.1, 0.15) is 362 Å². The van der Waals surface area contributed by atoms with E-state index in [2.05, 4.69) is 298 Å². The fourth-order valence-corrected chi connectivity index (χ4v) is 29.1. The minimum Gasteiger partial charge on any atom is -0.311 e. The van der Waals surface area contributed by atoms with Crippen LogP contribution in [0.5, 0.6) is 0 Å². The zero-order chi connectivity index (χ0) is 98.3. The molecule has 0 fully saturated rings. The SMILES string of the molecule is CCCCCCC1(CCCCCC)c2cc(-c3ccc4c(c3)C(CCCCCC)(CCCCCC)c3cc(-c5c6c(c(C)c7nsnc57)N=S=N6)ccc3-4)ccc2-c2ccc(-c3ccc4c(c3)C(CCCCCC)(CCCCCC)c3cc(-c5c6c(c(-c7ccc8c(c7)C(CCCCCC)(CCCCCC)c7cc(-c9ccc(N(c%10ccccc%10)c%10ccccc%10)cc9)ccc7-8)c7nsnc57)N=S=N6)ccc3-4)cc21. The number of aryl methyl sites for hydroxylation is 1. The van der Waals surface area contributed by atoms with Crippen LogP contribution < -0.4 is 4.90 Å². The molecule has 4 aliphatic carbocycles. The van der Waals surface area contributed by atoms with E-state index in [4.69, 9.17) is 34.9 Å². The van der Waals surface area contributed by atoms with Crippen LogP contribution in [0.2, 0.25) is 0 Å². The van der Waals surface area contributed by atoms with Crippen LogP contribution in [0, 0.1) is 6.92 Å². The first kappa shape index (κ1) is 98.9. The summed E-state index contributed by atoms with van der Waals surface area (Å²) in [4.78, 5) is 2.36. The molecule has 738 valence electrons. The number of anilines is 3. The molecule has 0 saturated carbocycles. The molecule has 0 bridgehead atoms. The highest BCUT2D eigenvalue weighted by atomic mass is 32.1. The van der Waals surface area contributed by atoms with Crippen LogP contribution in [0.15, 0.2) is 248 Å². The Hall–Kier alpha value is -11.1. The van der Waals surface area contributed by atoms with Gasteiger partial charge in [-0.15, -0.1) is 0 Å². The second-order valence-electron chi connectivity index (χ2n) is 43.0. The molecule has 0 spiro atoms. The number of fused-ring (bicyclic) bond motifs is 16. The first-order valence-corrected chi connectivity index (χ1v) is 58.9. The van der Waals surface area contributed by atoms with Gasteiger partial charge >= 0.3 is 0 Å². The Labute approximate surface area is 873 Å². The third kappa shape index (κ3) is 18.4. The van der Waals surface area contributed by atoms with Crippen LogP contribution in [0.4, 0.5) is 39.8 Å². The van der Waals surface area contributed by atoms with E-state index in [1.807, 2.05) is 0 Å². The summed E-state index contributed by atoms with van der Waals surface area (Å²) in [5.41, 5.74) is 48.9. The number of nitrogens with zero attached hydrogens (tertiary/aromatic N) is 9. The summed E-state index contributed by atoms with van der Waals surface area (Å²) < 4.78 is 41.6. The van der Waals surface area contributed by atoms with Crippen molar-refractivity contribution >= 4 is 108 Å². The molecular formula is C131H145N9S4. The Morgan fingerprint density at radius 3 is 0.681 bits per heavy atom. The van der Waals surface area contributed by atoms with E-state index in [9.17, 15) is 0 Å². The van der Waals surface area contributed by atoms with E-state index in [0.717, 1.165) is 147 Å². The van der Waals surface area contributed by atoms with Crippen LogP contribution in [0.3, 0.4) is 0 Å². The van der Waals surface area contributed by atoms with Gasteiger partial charge in [0.25, 0.3) is 0 Å². The van der Waals surface area contributed by atoms with Crippen molar-refractivity contribution in [2.75, 3.05) is 4.90 Å². The van der Waals surface area contributed by atoms with Crippen LogP contribution in [0.25, 0.3) is 133 Å². The lowest BCUT2D eigenvalue weighted by Gasteiger charge is -2.34. The molecule has 144 heavy (non-hydrogen) atoms. The molecule has 0 radical (unpaired) electrons. The zero-order valence-electron chi connectivity index (χ0n) is 86.9. The summed E-state index contributed by atoms with van der Waals surface area (Å²) in [5, 5.41) is 0. The zero-order valence-corrected chi connectivity index (χ0v) is 90.1. The van der Waals surface area contributed by atoms with Gasteiger partial charge in [-0.2, -0.15) is 34.9 Å². The highest BCUT2D eigenvalue weighted by Gasteiger charge is 2.49. The molecule has 0 unspecified atom stereocenters. The van der Waals surface area contributed by atoms with Gasteiger partial charge in [-0.25, -0.2) is 0 Å². The van der Waals surface area contributed by atoms with E-state index < -0.39 is 0 Å². The molecule has 21 rings (SSSR count). The van der Waals surface area contributed by atoms with Gasteiger partial charge in [0, 0.05) is 61.0 Å². The highest BCUT2D eigenvalue weighted by molar-refractivity contribution is 7.58. The average molecular weight is 1970 g/mol. The predicted octanol–water partition coefficient (Wildman–Crippen LogP) is 41.8. The molecule has 0 saturated heterocycles. The van der Waals surface area contributed by atoms with Crippen molar-refractivity contribution in [3.8, 4) is 111 Å². The first-order valence-electron chi connectivity index (χ1n) is 56.0. The topological polar surface area (TPSA) is 104 Å². The van der Waals surface area contributed by atoms with Crippen molar-refractivity contribution in [2.45, 2.75) is 341 Å². The monoisotopic (exact) mass is 1970 g/mol. The van der Waals surface area contributed by atoms with Gasteiger partial charge in [0.2, 0.25) is 0 Å². The van der Waals surface area contributed by atoms with Crippen LogP contribution >= 0.6 is 23.5 Å². The maximum atomic E-state index is 5.44. The molecule has 9 nitrogen and oxygen atoms in total. The van der Waals surface area contributed by atoms with E-state index in [1.165, 1.54) is 368 Å². The number of aromatic nitrogens is 4. The number of benzene rings is 13. The lowest BCUT2D eigenvalue weighted by Crippen LogP contribution is -2.26. The molecule has 4 heterocycles. The summed E-state index contributed by atoms with van der Waals surface area (Å²) in [6, 6.07) is 91.9. The van der Waals surface area contributed by atoms with Gasteiger partial charge in [-0.1, -0.05) is 406 Å². The summed E-state index contributed by atoms with van der Waals surface area (Å²) in [6.45, 7) is 21.1. The van der Waals surface area contributed by atoms with Gasteiger partial charge < -0.3 is 4.90 Å². The molecule has 6 aliphatic rings. The van der Waals surface area contributed by atoms with Gasteiger partial charge in [0.15, 0.2) is 0 Å². The third-order valence-corrected chi connectivity index (χ3v) is 36.3. The van der Waals surface area contributed by atoms with Gasteiger partial charge in [-0.05, 0) is 282 Å². The fourth-order valence-electron chi connectivity index (χ4n) is 26.7. The maximum Gasteiger partial charge on any atom is 0.115 e. The van der Waals surface area contributed by atoms with Gasteiger partial charge in [-0.3, -0.25) is 0 Å². The largest absolute Gasteiger partial charge is 0.311 e. The summed E-state index contributed by atoms with van der Waals surface area (Å²) in [5.74, 6) is 0. The minimum atomic E-state index is -0.226. The van der Waals surface area contributed by atoms with Crippen molar-refractivity contribution < 1.29 is 0 Å². The molecular weight excluding hydrogens is 1830 g/mol. The minimum absolute atomic E-state index is 0.158. The molecule has 13 heteroatoms. The summed E-state index contributed by atoms with van der Waals surface area (Å²) in [7, 11) is 0. The normalized spacial score (nSPS) is 14.4. The molecule has 0 N–H and O–H groups in total. The Bertz CT molecular complexity index is 7260. The lowest BCUT2D eigenvalue weighted by atomic mass is 9.69. The first-order chi connectivity index (χ1) is 71.0. The lowest BCUT2D eigenvalue weighted by molar-refractivity contribution is 0.400. The maximum absolute atomic E-state index is 5.44. The number of para-hydroxylation sites is 2. The molecule has 0 atom stereocenters. The number of hydrogen-bond donors (Lipinski definition) is 0. The predicted molar refractivity (Wildman–Crippen MR) is 618 cm³/mol. The van der Waals surface area contributed by atoms with Crippen molar-refractivity contribution in [3.63, 3.8) is 0 Å². The number of rotatable bonds is 49. The third-order valence-electron chi connectivity index (χ3n) is 34.2. The second kappa shape index (κ2) is 44.3. The summed E-state index contributed by atoms with van der Waals surface area (Å²) in [6.07, 6.45) is 47.9. The Morgan fingerprint density at radius 1 is 0.208 bits per heavy atom. The Balaban J connectivity index is 0.650. The van der Waals surface area contributed by atoms with Gasteiger partial charge in [0.05, 0.1) is 46.2 Å². The van der Waals surface area contributed by atoms with E-state index in [0.29, 0.717) is 0 Å². The Morgan fingerprint density at radius 2 is 0.417 bits per heavy atom. The standard InChI is InChI=1S/C131H145N9S4/c1-10-18-26-40-72-128(73-41-27-19-11-2)110-81-91(93-57-67-104-107-69-59-95(117-122-120(132-141-134-122)88(9)121-123(117)135-142-133-121)85-114(107)130(112(104)83-93,76-44-30-22-14-5)77-45-31-23-15-6)55-65-102(110)103-66-56-92(82-111(103)128)94-58-68-105-108-71-61-97(87-116(108)131(113(105)84-94,78-46-32-24-16-7)79-47-33-25-17-8)119-126-124(136-143-138-126)118(125-127(119)139-144-137-125)96-60-70-106-101-64-54-90(80-109(101)129(115(106)86-96,74-42-28-20-12-3)75-43-29-21-13-4)89-52-62-100(63-53-89)140(98-48-36-34-37-49-98)99-50-38-35-39-51-99/h34-39,48-71,80-87H,10-33,40-47,72-79H2,1-9H3. The van der Waals surface area contributed by atoms with Crippen molar-refractivity contribution in [2.24, 2.45) is 17.5 Å². The quantitative estimate of drug-likeness (QED) is 0.0353. The number of hydrogen-bond acceptors (Lipinski definition) is 11. The fraction of sp³-hybridized carbons (Fsp3) is 0.405. The van der Waals surface area contributed by atoms with Gasteiger partial charge in [0.1, 0.15) is 44.8 Å². The molecule has 13 aromatic carbocycles. The van der Waals surface area contributed by atoms with E-state index >= 15 is 0 Å². The Kier molecular flexibility index (Phi) is 30.4. The number of unbranched alkanes of at least 4 members (excludes halogenated alkanes) is 24. The molecule has 2 aromatic heterocycles. The second-order valence-corrected chi connectivity index (χ2v) is 45.2. The molecule has 2 aliphatic heterocycles. The van der Waals surface area contributed by atoms with E-state index in [1.54, 1.807) is 11.1 Å². The van der Waals surface area contributed by atoms with Crippen LogP contribution in [-0.2, 0) is 44.4 Å². The van der Waals surface area contributed by atoms with Crippen LogP contribution in [-0.4, -0.2) is 17.5 Å². The van der Waals surface area contributed by atoms with Crippen molar-refractivity contribution in [1.29, 1.82) is 0 Å². The smallest absolute Gasteiger partial charge is 0.115 e. The van der Waals surface area contributed by atoms with E-state index in [-0.39, 0.29) is 21.7 Å².